The second-order valence-corrected chi connectivity index (χ2v) is 5.79. The highest BCUT2D eigenvalue weighted by atomic mass is 14.9. The molecule has 0 aliphatic heterocycles. The molecular weight excluding hydrogens is 254 g/mol. The molecule has 1 nitrogen and oxygen atoms in total. The fraction of sp³-hybridized carbons (Fsp3) is 0.400. The summed E-state index contributed by atoms with van der Waals surface area (Å²) in [6, 6.07) is 15.9. The molecule has 1 unspecified atom stereocenters. The summed E-state index contributed by atoms with van der Waals surface area (Å²) in [6.07, 6.45) is 2.24. The maximum atomic E-state index is 3.72. The molecule has 0 aliphatic rings. The van der Waals surface area contributed by atoms with Gasteiger partial charge in [0, 0.05) is 0 Å². The molecule has 112 valence electrons. The van der Waals surface area contributed by atoms with Crippen LogP contribution >= 0.6 is 0 Å². The molecule has 2 rings (SSSR count). The zero-order valence-electron chi connectivity index (χ0n) is 13.7. The van der Waals surface area contributed by atoms with Crippen molar-refractivity contribution in [1.29, 1.82) is 0 Å². The van der Waals surface area contributed by atoms with Gasteiger partial charge in [0.25, 0.3) is 0 Å². The van der Waals surface area contributed by atoms with Crippen molar-refractivity contribution in [2.24, 2.45) is 0 Å². The molecular formula is C20H27N. The number of nitrogens with one attached hydrogen (secondary N) is 1. The van der Waals surface area contributed by atoms with E-state index in [4.69, 9.17) is 0 Å². The van der Waals surface area contributed by atoms with Crippen LogP contribution in [0.5, 0.6) is 0 Å². The lowest BCUT2D eigenvalue weighted by Crippen LogP contribution is -2.24. The molecule has 2 aromatic rings. The molecule has 0 saturated heterocycles. The van der Waals surface area contributed by atoms with E-state index in [2.05, 4.69) is 75.5 Å². The van der Waals surface area contributed by atoms with Crippen molar-refractivity contribution in [2.45, 2.75) is 46.6 Å². The third-order valence-electron chi connectivity index (χ3n) is 4.15. The van der Waals surface area contributed by atoms with Gasteiger partial charge in [-0.15, -0.1) is 0 Å². The maximum absolute atomic E-state index is 3.72. The van der Waals surface area contributed by atoms with Crippen LogP contribution in [0, 0.1) is 13.8 Å². The van der Waals surface area contributed by atoms with E-state index in [1.54, 1.807) is 0 Å². The summed E-state index contributed by atoms with van der Waals surface area (Å²) in [5.74, 6) is 0. The van der Waals surface area contributed by atoms with Crippen LogP contribution < -0.4 is 5.32 Å². The molecule has 21 heavy (non-hydrogen) atoms. The van der Waals surface area contributed by atoms with Crippen molar-refractivity contribution in [1.82, 2.24) is 5.32 Å². The summed E-state index contributed by atoms with van der Waals surface area (Å²) in [5, 5.41) is 3.72. The van der Waals surface area contributed by atoms with Gasteiger partial charge in [-0.05, 0) is 61.1 Å². The lowest BCUT2D eigenvalue weighted by molar-refractivity contribution is 0.594. The summed E-state index contributed by atoms with van der Waals surface area (Å²) in [5.41, 5.74) is 6.91. The highest BCUT2D eigenvalue weighted by Gasteiger charge is 2.17. The molecule has 1 atom stereocenters. The molecule has 1 N–H and O–H groups in total. The first-order valence-electron chi connectivity index (χ1n) is 8.05. The molecule has 0 aromatic heterocycles. The Morgan fingerprint density at radius 1 is 0.905 bits per heavy atom. The zero-order chi connectivity index (χ0) is 15.2. The molecule has 0 saturated carbocycles. The Morgan fingerprint density at radius 3 is 2.05 bits per heavy atom. The van der Waals surface area contributed by atoms with E-state index in [-0.39, 0.29) is 6.04 Å². The van der Waals surface area contributed by atoms with Crippen LogP contribution in [0.3, 0.4) is 0 Å². The number of hydrogen-bond donors (Lipinski definition) is 1. The van der Waals surface area contributed by atoms with Crippen LogP contribution in [-0.2, 0) is 6.42 Å². The van der Waals surface area contributed by atoms with Gasteiger partial charge < -0.3 is 5.32 Å². The van der Waals surface area contributed by atoms with Crippen molar-refractivity contribution in [3.05, 3.63) is 70.3 Å². The van der Waals surface area contributed by atoms with Gasteiger partial charge in [-0.1, -0.05) is 56.3 Å². The molecule has 0 bridgehead atoms. The summed E-state index contributed by atoms with van der Waals surface area (Å²) < 4.78 is 0. The molecule has 1 heteroatoms. The van der Waals surface area contributed by atoms with Gasteiger partial charge in [-0.3, -0.25) is 0 Å². The zero-order valence-corrected chi connectivity index (χ0v) is 13.7. The largest absolute Gasteiger partial charge is 0.306 e. The Balaban J connectivity index is 2.41. The van der Waals surface area contributed by atoms with Gasteiger partial charge in [0.1, 0.15) is 0 Å². The van der Waals surface area contributed by atoms with Crippen molar-refractivity contribution >= 4 is 0 Å². The number of benzene rings is 2. The molecule has 0 radical (unpaired) electrons. The summed E-state index contributed by atoms with van der Waals surface area (Å²) in [7, 11) is 0. The minimum atomic E-state index is 0.289. The Hall–Kier alpha value is -1.60. The lowest BCUT2D eigenvalue weighted by atomic mass is 9.90. The first-order valence-corrected chi connectivity index (χ1v) is 8.05. The van der Waals surface area contributed by atoms with E-state index in [0.717, 1.165) is 19.4 Å². The fourth-order valence-electron chi connectivity index (χ4n) is 2.90. The second-order valence-electron chi connectivity index (χ2n) is 5.79. The molecule has 2 aromatic carbocycles. The van der Waals surface area contributed by atoms with E-state index < -0.39 is 0 Å². The molecule has 0 spiro atoms. The average molecular weight is 281 g/mol. The summed E-state index contributed by atoms with van der Waals surface area (Å²) in [4.78, 5) is 0. The van der Waals surface area contributed by atoms with Gasteiger partial charge in [0.2, 0.25) is 0 Å². The van der Waals surface area contributed by atoms with Gasteiger partial charge in [-0.2, -0.15) is 0 Å². The quantitative estimate of drug-likeness (QED) is 0.789. The predicted octanol–water partition coefficient (Wildman–Crippen LogP) is 4.95. The van der Waals surface area contributed by atoms with E-state index in [9.17, 15) is 0 Å². The van der Waals surface area contributed by atoms with Crippen LogP contribution in [0.4, 0.5) is 0 Å². The number of aryl methyl sites for hydroxylation is 3. The van der Waals surface area contributed by atoms with Crippen LogP contribution in [-0.4, -0.2) is 6.54 Å². The number of hydrogen-bond acceptors (Lipinski definition) is 1. The third kappa shape index (κ3) is 3.74. The minimum Gasteiger partial charge on any atom is -0.306 e. The van der Waals surface area contributed by atoms with Crippen molar-refractivity contribution in [3.8, 4) is 0 Å². The second kappa shape index (κ2) is 7.42. The van der Waals surface area contributed by atoms with Gasteiger partial charge in [0.15, 0.2) is 0 Å². The first kappa shape index (κ1) is 15.8. The van der Waals surface area contributed by atoms with Crippen LogP contribution in [0.1, 0.15) is 54.1 Å². The normalized spacial score (nSPS) is 12.4. The van der Waals surface area contributed by atoms with Gasteiger partial charge >= 0.3 is 0 Å². The van der Waals surface area contributed by atoms with E-state index >= 15 is 0 Å². The Kier molecular flexibility index (Phi) is 5.58. The van der Waals surface area contributed by atoms with Crippen molar-refractivity contribution in [2.75, 3.05) is 6.54 Å². The van der Waals surface area contributed by atoms with Gasteiger partial charge in [0.05, 0.1) is 6.04 Å². The SMILES string of the molecule is CCCNC(c1ccc(CC)cc1)c1c(C)cccc1C. The highest BCUT2D eigenvalue weighted by molar-refractivity contribution is 5.42. The Labute approximate surface area is 129 Å². The summed E-state index contributed by atoms with van der Waals surface area (Å²) in [6.45, 7) is 9.88. The van der Waals surface area contributed by atoms with E-state index in [0.29, 0.717) is 0 Å². The molecule has 0 amide bonds. The molecule has 0 heterocycles. The lowest BCUT2D eigenvalue weighted by Gasteiger charge is -2.23. The van der Waals surface area contributed by atoms with Crippen molar-refractivity contribution < 1.29 is 0 Å². The first-order chi connectivity index (χ1) is 10.2. The Morgan fingerprint density at radius 2 is 1.52 bits per heavy atom. The smallest absolute Gasteiger partial charge is 0.0581 e. The molecule has 0 aliphatic carbocycles. The van der Waals surface area contributed by atoms with Gasteiger partial charge in [-0.25, -0.2) is 0 Å². The fourth-order valence-corrected chi connectivity index (χ4v) is 2.90. The molecule has 0 fully saturated rings. The predicted molar refractivity (Wildman–Crippen MR) is 91.9 cm³/mol. The Bertz CT molecular complexity index is 549. The summed E-state index contributed by atoms with van der Waals surface area (Å²) >= 11 is 0. The monoisotopic (exact) mass is 281 g/mol. The number of rotatable bonds is 6. The van der Waals surface area contributed by atoms with E-state index in [1.807, 2.05) is 0 Å². The standard InChI is InChI=1S/C20H27N/c1-5-14-21-20(18-12-10-17(6-2)11-13-18)19-15(3)8-7-9-16(19)4/h7-13,20-21H,5-6,14H2,1-4H3. The van der Waals surface area contributed by atoms with Crippen molar-refractivity contribution in [3.63, 3.8) is 0 Å². The highest BCUT2D eigenvalue weighted by Crippen LogP contribution is 2.28. The topological polar surface area (TPSA) is 12.0 Å². The maximum Gasteiger partial charge on any atom is 0.0581 e. The van der Waals surface area contributed by atoms with E-state index in [1.165, 1.54) is 27.8 Å². The van der Waals surface area contributed by atoms with Crippen LogP contribution in [0.15, 0.2) is 42.5 Å². The minimum absolute atomic E-state index is 0.289. The average Bonchev–Trinajstić information content (AvgIpc) is 2.50. The third-order valence-corrected chi connectivity index (χ3v) is 4.15. The van der Waals surface area contributed by atoms with Crippen LogP contribution in [0.2, 0.25) is 0 Å². The van der Waals surface area contributed by atoms with Crippen LogP contribution in [0.25, 0.3) is 0 Å².